The lowest BCUT2D eigenvalue weighted by molar-refractivity contribution is -0.113. The Balaban J connectivity index is 3.25. The van der Waals surface area contributed by atoms with Crippen molar-refractivity contribution >= 4 is 11.9 Å². The van der Waals surface area contributed by atoms with Gasteiger partial charge in [0.05, 0.1) is 5.69 Å². The summed E-state index contributed by atoms with van der Waals surface area (Å²) in [4.78, 5) is 11.2. The van der Waals surface area contributed by atoms with Gasteiger partial charge in [-0.2, -0.15) is 5.10 Å². The fourth-order valence-electron chi connectivity index (χ4n) is 1.53. The van der Waals surface area contributed by atoms with Gasteiger partial charge in [-0.05, 0) is 25.5 Å². The molecule has 1 heterocycles. The van der Waals surface area contributed by atoms with Crippen molar-refractivity contribution in [3.8, 4) is 0 Å². The largest absolute Gasteiger partial charge is 0.295 e. The lowest BCUT2D eigenvalue weighted by atomic mass is 9.89. The number of hydrogen-bond acceptors (Lipinski definition) is 2. The van der Waals surface area contributed by atoms with Gasteiger partial charge in [0.2, 0.25) is 0 Å². The molecular formula is C13H20N2O. The molecule has 0 radical (unpaired) electrons. The van der Waals surface area contributed by atoms with Gasteiger partial charge in [0.25, 0.3) is 0 Å². The smallest absolute Gasteiger partial charge is 0.155 e. The molecule has 1 aromatic heterocycles. The van der Waals surface area contributed by atoms with Crippen molar-refractivity contribution in [1.29, 1.82) is 0 Å². The average Bonchev–Trinajstić information content (AvgIpc) is 2.45. The Morgan fingerprint density at radius 1 is 1.38 bits per heavy atom. The zero-order valence-electron chi connectivity index (χ0n) is 11.0. The summed E-state index contributed by atoms with van der Waals surface area (Å²) in [6.45, 7) is 9.78. The molecule has 1 aromatic rings. The van der Waals surface area contributed by atoms with Gasteiger partial charge in [-0.3, -0.25) is 9.48 Å². The van der Waals surface area contributed by atoms with E-state index in [2.05, 4.69) is 25.9 Å². The summed E-state index contributed by atoms with van der Waals surface area (Å²) < 4.78 is 1.79. The highest BCUT2D eigenvalue weighted by Crippen LogP contribution is 2.25. The number of aromatic nitrogens is 2. The van der Waals surface area contributed by atoms with Crippen LogP contribution in [0.3, 0.4) is 0 Å². The van der Waals surface area contributed by atoms with Crippen LogP contribution in [0.1, 0.15) is 45.9 Å². The third-order valence-electron chi connectivity index (χ3n) is 2.49. The molecule has 0 amide bonds. The molecule has 0 fully saturated rings. The fraction of sp³-hybridized carbons (Fsp3) is 0.538. The Bertz CT molecular complexity index is 433. The zero-order valence-corrected chi connectivity index (χ0v) is 11.0. The minimum absolute atomic E-state index is 0.00976. The highest BCUT2D eigenvalue weighted by Gasteiger charge is 2.20. The lowest BCUT2D eigenvalue weighted by Gasteiger charge is -2.16. The normalized spacial score (nSPS) is 13.0. The summed E-state index contributed by atoms with van der Waals surface area (Å²) in [6.07, 6.45) is 3.86. The zero-order chi connectivity index (χ0) is 12.5. The number of allylic oxidation sites excluding steroid dienone is 1. The SMILES string of the molecule is CC(=O)C(C)=Cc1cn(C)nc1C(C)(C)C. The Hall–Kier alpha value is -1.38. The molecule has 0 saturated carbocycles. The van der Waals surface area contributed by atoms with E-state index in [1.54, 1.807) is 11.6 Å². The summed E-state index contributed by atoms with van der Waals surface area (Å²) in [6, 6.07) is 0. The van der Waals surface area contributed by atoms with Crippen molar-refractivity contribution in [2.24, 2.45) is 7.05 Å². The van der Waals surface area contributed by atoms with Crippen molar-refractivity contribution in [3.63, 3.8) is 0 Å². The van der Waals surface area contributed by atoms with Crippen molar-refractivity contribution in [2.75, 3.05) is 0 Å². The molecule has 0 N–H and O–H groups in total. The number of ketones is 1. The van der Waals surface area contributed by atoms with Crippen LogP contribution in [0.4, 0.5) is 0 Å². The first-order valence-electron chi connectivity index (χ1n) is 5.45. The summed E-state index contributed by atoms with van der Waals surface area (Å²) >= 11 is 0. The Morgan fingerprint density at radius 2 is 1.94 bits per heavy atom. The second-order valence-corrected chi connectivity index (χ2v) is 5.24. The van der Waals surface area contributed by atoms with E-state index >= 15 is 0 Å². The van der Waals surface area contributed by atoms with E-state index in [1.807, 2.05) is 26.2 Å². The molecule has 0 saturated heterocycles. The number of Topliss-reactive ketones (excluding diaryl/α,β-unsaturated/α-hetero) is 1. The quantitative estimate of drug-likeness (QED) is 0.718. The fourth-order valence-corrected chi connectivity index (χ4v) is 1.53. The van der Waals surface area contributed by atoms with Crippen molar-refractivity contribution in [1.82, 2.24) is 9.78 Å². The standard InChI is InChI=1S/C13H20N2O/c1-9(10(2)16)7-11-8-15(6)14-12(11)13(3,4)5/h7-8H,1-6H3. The number of rotatable bonds is 2. The van der Waals surface area contributed by atoms with Crippen LogP contribution in [0, 0.1) is 0 Å². The third kappa shape index (κ3) is 2.81. The van der Waals surface area contributed by atoms with Gasteiger partial charge in [0.15, 0.2) is 5.78 Å². The van der Waals surface area contributed by atoms with Crippen LogP contribution in [-0.2, 0) is 17.3 Å². The minimum Gasteiger partial charge on any atom is -0.295 e. The van der Waals surface area contributed by atoms with E-state index in [0.717, 1.165) is 16.8 Å². The average molecular weight is 220 g/mol. The first kappa shape index (κ1) is 12.7. The molecule has 3 heteroatoms. The molecule has 0 unspecified atom stereocenters. The van der Waals surface area contributed by atoms with Crippen LogP contribution in [0.5, 0.6) is 0 Å². The molecular weight excluding hydrogens is 200 g/mol. The van der Waals surface area contributed by atoms with E-state index in [9.17, 15) is 4.79 Å². The predicted molar refractivity (Wildman–Crippen MR) is 66.2 cm³/mol. The maximum Gasteiger partial charge on any atom is 0.155 e. The molecule has 0 aliphatic rings. The second kappa shape index (κ2) is 4.24. The molecule has 0 aliphatic carbocycles. The van der Waals surface area contributed by atoms with Gasteiger partial charge in [-0.25, -0.2) is 0 Å². The van der Waals surface area contributed by atoms with Gasteiger partial charge >= 0.3 is 0 Å². The summed E-state index contributed by atoms with van der Waals surface area (Å²) in [7, 11) is 1.90. The molecule has 0 aromatic carbocycles. The molecule has 0 bridgehead atoms. The van der Waals surface area contributed by atoms with Crippen LogP contribution in [0.2, 0.25) is 0 Å². The van der Waals surface area contributed by atoms with E-state index < -0.39 is 0 Å². The molecule has 16 heavy (non-hydrogen) atoms. The van der Waals surface area contributed by atoms with Gasteiger partial charge in [0, 0.05) is 24.2 Å². The molecule has 88 valence electrons. The van der Waals surface area contributed by atoms with Crippen LogP contribution in [0.25, 0.3) is 6.08 Å². The molecule has 0 aliphatic heterocycles. The highest BCUT2D eigenvalue weighted by molar-refractivity contribution is 5.97. The molecule has 0 atom stereocenters. The van der Waals surface area contributed by atoms with E-state index in [0.29, 0.717) is 0 Å². The van der Waals surface area contributed by atoms with E-state index in [4.69, 9.17) is 0 Å². The predicted octanol–water partition coefficient (Wildman–Crippen LogP) is 2.71. The number of carbonyl (C=O) groups is 1. The van der Waals surface area contributed by atoms with Gasteiger partial charge in [-0.15, -0.1) is 0 Å². The van der Waals surface area contributed by atoms with Crippen molar-refractivity contribution < 1.29 is 4.79 Å². The topological polar surface area (TPSA) is 34.9 Å². The number of hydrogen-bond donors (Lipinski definition) is 0. The van der Waals surface area contributed by atoms with Crippen LogP contribution in [0.15, 0.2) is 11.8 Å². The Kier molecular flexibility index (Phi) is 3.36. The Morgan fingerprint density at radius 3 is 2.38 bits per heavy atom. The molecule has 1 rings (SSSR count). The molecule has 0 spiro atoms. The highest BCUT2D eigenvalue weighted by atomic mass is 16.1. The Labute approximate surface area is 97.2 Å². The molecule has 3 nitrogen and oxygen atoms in total. The summed E-state index contributed by atoms with van der Waals surface area (Å²) in [5.74, 6) is 0.101. The van der Waals surface area contributed by atoms with Gasteiger partial charge < -0.3 is 0 Å². The maximum absolute atomic E-state index is 11.2. The number of carbonyl (C=O) groups excluding carboxylic acids is 1. The van der Waals surface area contributed by atoms with E-state index in [1.165, 1.54) is 0 Å². The number of nitrogens with zero attached hydrogens (tertiary/aromatic N) is 2. The lowest BCUT2D eigenvalue weighted by Crippen LogP contribution is -2.14. The monoisotopic (exact) mass is 220 g/mol. The van der Waals surface area contributed by atoms with Crippen molar-refractivity contribution in [2.45, 2.75) is 40.0 Å². The first-order valence-corrected chi connectivity index (χ1v) is 5.45. The number of aryl methyl sites for hydroxylation is 1. The van der Waals surface area contributed by atoms with Crippen LogP contribution < -0.4 is 0 Å². The summed E-state index contributed by atoms with van der Waals surface area (Å²) in [5, 5.41) is 4.46. The van der Waals surface area contributed by atoms with Crippen LogP contribution >= 0.6 is 0 Å². The van der Waals surface area contributed by atoms with Gasteiger partial charge in [-0.1, -0.05) is 20.8 Å². The maximum atomic E-state index is 11.2. The van der Waals surface area contributed by atoms with Crippen molar-refractivity contribution in [3.05, 3.63) is 23.0 Å². The second-order valence-electron chi connectivity index (χ2n) is 5.24. The minimum atomic E-state index is -0.00976. The first-order chi connectivity index (χ1) is 7.21. The third-order valence-corrected chi connectivity index (χ3v) is 2.49. The summed E-state index contributed by atoms with van der Waals surface area (Å²) in [5.41, 5.74) is 2.81. The van der Waals surface area contributed by atoms with E-state index in [-0.39, 0.29) is 11.2 Å². The van der Waals surface area contributed by atoms with Crippen LogP contribution in [-0.4, -0.2) is 15.6 Å². The van der Waals surface area contributed by atoms with Gasteiger partial charge in [0.1, 0.15) is 0 Å².